The number of fused-ring (bicyclic) bond motifs is 3. The van der Waals surface area contributed by atoms with E-state index in [9.17, 15) is 0 Å². The summed E-state index contributed by atoms with van der Waals surface area (Å²) < 4.78 is 0. The molecule has 4 rings (SSSR count). The second kappa shape index (κ2) is 4.72. The number of rotatable bonds is 2. The van der Waals surface area contributed by atoms with Crippen LogP contribution in [-0.2, 0) is 5.41 Å². The van der Waals surface area contributed by atoms with E-state index in [-0.39, 0.29) is 16.2 Å². The van der Waals surface area contributed by atoms with E-state index in [2.05, 4.69) is 101 Å². The quantitative estimate of drug-likeness (QED) is 0.592. The molecule has 2 aromatic rings. The van der Waals surface area contributed by atoms with Crippen molar-refractivity contribution in [3.63, 3.8) is 0 Å². The predicted molar refractivity (Wildman–Crippen MR) is 103 cm³/mol. The Bertz CT molecular complexity index is 833. The van der Waals surface area contributed by atoms with Crippen molar-refractivity contribution in [2.24, 2.45) is 10.8 Å². The Morgan fingerprint density at radius 2 is 1.29 bits per heavy atom. The number of benzene rings is 2. The van der Waals surface area contributed by atoms with Gasteiger partial charge in [-0.15, -0.1) is 0 Å². The van der Waals surface area contributed by atoms with Gasteiger partial charge in [0.25, 0.3) is 0 Å². The van der Waals surface area contributed by atoms with Crippen LogP contribution in [0.1, 0.15) is 45.7 Å². The van der Waals surface area contributed by atoms with Crippen LogP contribution in [0, 0.1) is 10.8 Å². The van der Waals surface area contributed by atoms with Gasteiger partial charge in [-0.2, -0.15) is 0 Å². The molecular formula is C24H26. The van der Waals surface area contributed by atoms with Crippen molar-refractivity contribution in [3.05, 3.63) is 83.5 Å². The molecule has 1 atom stereocenters. The first-order chi connectivity index (χ1) is 11.3. The van der Waals surface area contributed by atoms with Crippen LogP contribution in [0.15, 0.2) is 72.3 Å². The first kappa shape index (κ1) is 15.4. The highest BCUT2D eigenvalue weighted by atomic mass is 14.6. The average Bonchev–Trinajstić information content (AvgIpc) is 3.06. The number of hydrogen-bond acceptors (Lipinski definition) is 0. The highest BCUT2D eigenvalue weighted by Gasteiger charge is 2.56. The summed E-state index contributed by atoms with van der Waals surface area (Å²) in [6.45, 7) is 11.9. The molecule has 0 aliphatic heterocycles. The Balaban J connectivity index is 2.02. The molecule has 24 heavy (non-hydrogen) atoms. The molecule has 122 valence electrons. The maximum atomic E-state index is 2.45. The lowest BCUT2D eigenvalue weighted by molar-refractivity contribution is 0.110. The topological polar surface area (TPSA) is 0 Å². The Morgan fingerprint density at radius 1 is 0.792 bits per heavy atom. The third kappa shape index (κ3) is 1.69. The highest BCUT2D eigenvalue weighted by Crippen LogP contribution is 2.63. The fourth-order valence-electron chi connectivity index (χ4n) is 4.93. The van der Waals surface area contributed by atoms with Crippen LogP contribution >= 0.6 is 0 Å². The predicted octanol–water partition coefficient (Wildman–Crippen LogP) is 6.52. The molecule has 0 saturated heterocycles. The lowest BCUT2D eigenvalue weighted by atomic mass is 9.51. The van der Waals surface area contributed by atoms with Crippen molar-refractivity contribution in [1.29, 1.82) is 0 Å². The van der Waals surface area contributed by atoms with E-state index in [0.29, 0.717) is 0 Å². The van der Waals surface area contributed by atoms with Crippen LogP contribution in [0.2, 0.25) is 0 Å². The summed E-state index contributed by atoms with van der Waals surface area (Å²) in [5.74, 6) is 0. The fourth-order valence-corrected chi connectivity index (χ4v) is 4.93. The van der Waals surface area contributed by atoms with Gasteiger partial charge in [0.1, 0.15) is 0 Å². The van der Waals surface area contributed by atoms with Crippen LogP contribution in [0.25, 0.3) is 11.1 Å². The maximum Gasteiger partial charge on any atom is 0.0249 e. The lowest BCUT2D eigenvalue weighted by Crippen LogP contribution is -2.48. The van der Waals surface area contributed by atoms with Crippen LogP contribution in [0.5, 0.6) is 0 Å². The van der Waals surface area contributed by atoms with Gasteiger partial charge in [0.05, 0.1) is 0 Å². The molecule has 2 aromatic carbocycles. The molecule has 2 aliphatic rings. The minimum atomic E-state index is -0.0274. The standard InChI is InChI=1S/C24H26/c1-17-14-15-23(4,16-17)22(2,3)24(5)20-12-8-6-10-18(20)19-11-7-9-13-21(19)24/h6-16H,1-5H3/t23-/m0/s1. The van der Waals surface area contributed by atoms with E-state index < -0.39 is 0 Å². The Morgan fingerprint density at radius 3 is 1.75 bits per heavy atom. The minimum absolute atomic E-state index is 0.0274. The summed E-state index contributed by atoms with van der Waals surface area (Å²) in [6.07, 6.45) is 7.12. The van der Waals surface area contributed by atoms with Crippen LogP contribution < -0.4 is 0 Å². The van der Waals surface area contributed by atoms with Crippen molar-refractivity contribution >= 4 is 0 Å². The van der Waals surface area contributed by atoms with Gasteiger partial charge in [-0.05, 0) is 34.6 Å². The van der Waals surface area contributed by atoms with E-state index in [4.69, 9.17) is 0 Å². The van der Waals surface area contributed by atoms with E-state index in [1.54, 1.807) is 0 Å². The first-order valence-electron chi connectivity index (χ1n) is 8.89. The first-order valence-corrected chi connectivity index (χ1v) is 8.89. The molecule has 0 fully saturated rings. The molecule has 0 heterocycles. The monoisotopic (exact) mass is 314 g/mol. The normalized spacial score (nSPS) is 23.8. The largest absolute Gasteiger partial charge is 0.0740 e. The molecular weight excluding hydrogens is 288 g/mol. The summed E-state index contributed by atoms with van der Waals surface area (Å²) >= 11 is 0. The van der Waals surface area contributed by atoms with Gasteiger partial charge < -0.3 is 0 Å². The lowest BCUT2D eigenvalue weighted by Gasteiger charge is -2.52. The molecule has 2 aliphatic carbocycles. The summed E-state index contributed by atoms with van der Waals surface area (Å²) in [5.41, 5.74) is 7.14. The van der Waals surface area contributed by atoms with Gasteiger partial charge in [0.2, 0.25) is 0 Å². The van der Waals surface area contributed by atoms with Gasteiger partial charge in [-0.3, -0.25) is 0 Å². The molecule has 0 amide bonds. The van der Waals surface area contributed by atoms with Gasteiger partial charge in [-0.1, -0.05) is 100 Å². The SMILES string of the molecule is CC1=C[C@@](C)(C(C)(C)C2(C)c3ccccc3-c3ccccc32)C=C1. The zero-order chi connectivity index (χ0) is 17.2. The smallest absolute Gasteiger partial charge is 0.0249 e. The average molecular weight is 314 g/mol. The van der Waals surface area contributed by atoms with Gasteiger partial charge in [0.15, 0.2) is 0 Å². The second-order valence-corrected chi connectivity index (χ2v) is 8.35. The summed E-state index contributed by atoms with van der Waals surface area (Å²) in [7, 11) is 0. The number of hydrogen-bond donors (Lipinski definition) is 0. The molecule has 0 N–H and O–H groups in total. The third-order valence-corrected chi connectivity index (χ3v) is 7.04. The van der Waals surface area contributed by atoms with E-state index in [0.717, 1.165) is 0 Å². The molecule has 0 unspecified atom stereocenters. The molecule has 0 saturated carbocycles. The summed E-state index contributed by atoms with van der Waals surface area (Å²) in [4.78, 5) is 0. The van der Waals surface area contributed by atoms with Crippen LogP contribution in [0.3, 0.4) is 0 Å². The molecule has 0 nitrogen and oxygen atoms in total. The second-order valence-electron chi connectivity index (χ2n) is 8.35. The molecule has 0 radical (unpaired) electrons. The Hall–Kier alpha value is -2.08. The molecule has 0 aromatic heterocycles. The van der Waals surface area contributed by atoms with Crippen molar-refractivity contribution < 1.29 is 0 Å². The van der Waals surface area contributed by atoms with Gasteiger partial charge >= 0.3 is 0 Å². The maximum absolute atomic E-state index is 2.45. The van der Waals surface area contributed by atoms with Crippen molar-refractivity contribution in [3.8, 4) is 11.1 Å². The van der Waals surface area contributed by atoms with Crippen molar-refractivity contribution in [2.75, 3.05) is 0 Å². The van der Waals surface area contributed by atoms with E-state index >= 15 is 0 Å². The van der Waals surface area contributed by atoms with Crippen molar-refractivity contribution in [1.82, 2.24) is 0 Å². The number of allylic oxidation sites excluding steroid dienone is 4. The van der Waals surface area contributed by atoms with Crippen LogP contribution in [0.4, 0.5) is 0 Å². The highest BCUT2D eigenvalue weighted by molar-refractivity contribution is 5.81. The van der Waals surface area contributed by atoms with Gasteiger partial charge in [0, 0.05) is 10.8 Å². The van der Waals surface area contributed by atoms with Gasteiger partial charge in [-0.25, -0.2) is 0 Å². The summed E-state index contributed by atoms with van der Waals surface area (Å²) in [5, 5.41) is 0. The molecule has 0 bridgehead atoms. The molecule has 0 spiro atoms. The Labute approximate surface area is 145 Å². The zero-order valence-corrected chi connectivity index (χ0v) is 15.4. The summed E-state index contributed by atoms with van der Waals surface area (Å²) in [6, 6.07) is 17.9. The zero-order valence-electron chi connectivity index (χ0n) is 15.4. The van der Waals surface area contributed by atoms with Crippen LogP contribution in [-0.4, -0.2) is 0 Å². The van der Waals surface area contributed by atoms with Crippen molar-refractivity contribution in [2.45, 2.75) is 40.0 Å². The Kier molecular flexibility index (Phi) is 3.04. The minimum Gasteiger partial charge on any atom is -0.0740 e. The van der Waals surface area contributed by atoms with E-state index in [1.165, 1.54) is 27.8 Å². The fraction of sp³-hybridized carbons (Fsp3) is 0.333. The molecule has 0 heteroatoms. The van der Waals surface area contributed by atoms with E-state index in [1.807, 2.05) is 0 Å². The third-order valence-electron chi connectivity index (χ3n) is 7.04.